The first kappa shape index (κ1) is 12.0. The number of aliphatic hydroxyl groups excluding tert-OH is 1. The number of hydroxylamine groups is 4. The zero-order valence-corrected chi connectivity index (χ0v) is 9.24. The molecule has 0 aliphatic carbocycles. The Hall–Kier alpha value is -2.52. The lowest BCUT2D eigenvalue weighted by molar-refractivity contribution is -0.112. The van der Waals surface area contributed by atoms with Gasteiger partial charge < -0.3 is 26.3 Å². The molecule has 2 heterocycles. The molecule has 0 spiro atoms. The average Bonchev–Trinajstić information content (AvgIpc) is 2.87. The highest BCUT2D eigenvalue weighted by atomic mass is 16.5. The molecule has 9 nitrogen and oxygen atoms in total. The molecular weight excluding hydrogens is 242 g/mol. The summed E-state index contributed by atoms with van der Waals surface area (Å²) >= 11 is 0. The van der Waals surface area contributed by atoms with Gasteiger partial charge in [-0.15, -0.1) is 0 Å². The fourth-order valence-corrected chi connectivity index (χ4v) is 1.40. The number of nitrogens with one attached hydrogen (secondary N) is 1. The van der Waals surface area contributed by atoms with Gasteiger partial charge in [-0.3, -0.25) is 10.4 Å². The molecule has 8 N–H and O–H groups in total. The Morgan fingerprint density at radius 1 is 1.22 bits per heavy atom. The minimum atomic E-state index is -0.742. The van der Waals surface area contributed by atoms with Crippen LogP contribution in [0.15, 0.2) is 46.2 Å². The van der Waals surface area contributed by atoms with Crippen molar-refractivity contribution in [1.82, 2.24) is 15.4 Å². The Morgan fingerprint density at radius 3 is 2.56 bits per heavy atom. The van der Waals surface area contributed by atoms with Crippen LogP contribution in [0.3, 0.4) is 0 Å². The average molecular weight is 255 g/mol. The van der Waals surface area contributed by atoms with E-state index in [1.54, 1.807) is 12.1 Å². The smallest absolute Gasteiger partial charge is 0.261 e. The molecule has 0 atom stereocenters. The summed E-state index contributed by atoms with van der Waals surface area (Å²) in [5, 5.41) is 31.9. The van der Waals surface area contributed by atoms with E-state index in [0.29, 0.717) is 15.9 Å². The molecule has 98 valence electrons. The van der Waals surface area contributed by atoms with Crippen molar-refractivity contribution in [2.45, 2.75) is 6.54 Å². The fraction of sp³-hybridized carbons (Fsp3) is 0.111. The number of hydrogen-bond acceptors (Lipinski definition) is 9. The van der Waals surface area contributed by atoms with Gasteiger partial charge in [-0.05, 0) is 12.1 Å². The Bertz CT molecular complexity index is 495. The van der Waals surface area contributed by atoms with Gasteiger partial charge in [0.05, 0.1) is 12.8 Å². The third-order valence-electron chi connectivity index (χ3n) is 2.35. The zero-order valence-electron chi connectivity index (χ0n) is 9.24. The Labute approximate surface area is 102 Å². The molecule has 0 saturated heterocycles. The van der Waals surface area contributed by atoms with E-state index in [4.69, 9.17) is 15.9 Å². The molecule has 0 amide bonds. The van der Waals surface area contributed by atoms with Gasteiger partial charge in [0, 0.05) is 0 Å². The molecule has 0 radical (unpaired) electrons. The first-order valence-electron chi connectivity index (χ1n) is 4.95. The summed E-state index contributed by atoms with van der Waals surface area (Å²) in [6, 6.07) is 3.40. The normalized spacial score (nSPS) is 16.6. The van der Waals surface area contributed by atoms with Crippen LogP contribution >= 0.6 is 0 Å². The number of hydrogen-bond donors (Lipinski definition) is 6. The lowest BCUT2D eigenvalue weighted by Crippen LogP contribution is -2.44. The van der Waals surface area contributed by atoms with Gasteiger partial charge >= 0.3 is 0 Å². The number of aliphatic hydroxyl groups is 1. The van der Waals surface area contributed by atoms with Crippen molar-refractivity contribution in [3.8, 4) is 0 Å². The zero-order chi connectivity index (χ0) is 13.3. The molecule has 0 aromatic carbocycles. The highest BCUT2D eigenvalue weighted by molar-refractivity contribution is 5.20. The molecule has 2 rings (SSSR count). The summed E-state index contributed by atoms with van der Waals surface area (Å²) in [7, 11) is 0. The van der Waals surface area contributed by atoms with Crippen LogP contribution in [0.5, 0.6) is 0 Å². The van der Waals surface area contributed by atoms with Crippen molar-refractivity contribution in [2.75, 3.05) is 0 Å². The van der Waals surface area contributed by atoms with Crippen LogP contribution in [-0.4, -0.2) is 25.6 Å². The molecule has 0 unspecified atom stereocenters. The van der Waals surface area contributed by atoms with E-state index >= 15 is 0 Å². The van der Waals surface area contributed by atoms with Gasteiger partial charge in [-0.25, -0.2) is 0 Å². The molecule has 0 bridgehead atoms. The topological polar surface area (TPSA) is 144 Å². The summed E-state index contributed by atoms with van der Waals surface area (Å²) in [6.07, 6.45) is 1.49. The molecule has 0 saturated carbocycles. The first-order chi connectivity index (χ1) is 8.52. The lowest BCUT2D eigenvalue weighted by atomic mass is 10.4. The third kappa shape index (κ3) is 1.87. The van der Waals surface area contributed by atoms with E-state index in [2.05, 4.69) is 5.32 Å². The van der Waals surface area contributed by atoms with E-state index in [9.17, 15) is 15.5 Å². The molecule has 9 heteroatoms. The van der Waals surface area contributed by atoms with E-state index in [1.807, 2.05) is 0 Å². The van der Waals surface area contributed by atoms with Crippen molar-refractivity contribution < 1.29 is 19.9 Å². The summed E-state index contributed by atoms with van der Waals surface area (Å²) < 4.78 is 5.07. The molecule has 18 heavy (non-hydrogen) atoms. The predicted octanol–water partition coefficient (Wildman–Crippen LogP) is -0.506. The molecular formula is C9H13N5O4. The third-order valence-corrected chi connectivity index (χ3v) is 2.35. The van der Waals surface area contributed by atoms with Crippen molar-refractivity contribution in [3.05, 3.63) is 47.5 Å². The van der Waals surface area contributed by atoms with Crippen LogP contribution in [0, 0.1) is 0 Å². The molecule has 1 aliphatic heterocycles. The largest absolute Gasteiger partial charge is 0.490 e. The first-order valence-corrected chi connectivity index (χ1v) is 4.95. The maximum Gasteiger partial charge on any atom is 0.261 e. The summed E-state index contributed by atoms with van der Waals surface area (Å²) in [5.74, 6) is -1.04. The standard InChI is InChI=1S/C9H13N5O4/c10-6-8(12-4-5-2-1-3-18-5)14(17)9(15)7(11)13(6)16/h1-3,12,15-17H,4,10-11H2. The van der Waals surface area contributed by atoms with E-state index < -0.39 is 11.7 Å². The quantitative estimate of drug-likeness (QED) is 0.420. The molecule has 1 aliphatic rings. The van der Waals surface area contributed by atoms with Crippen LogP contribution in [-0.2, 0) is 6.54 Å². The van der Waals surface area contributed by atoms with Crippen LogP contribution < -0.4 is 16.8 Å². The maximum atomic E-state index is 9.60. The predicted molar refractivity (Wildman–Crippen MR) is 57.9 cm³/mol. The summed E-state index contributed by atoms with van der Waals surface area (Å²) in [4.78, 5) is 0. The van der Waals surface area contributed by atoms with Crippen LogP contribution in [0.25, 0.3) is 0 Å². The second-order valence-corrected chi connectivity index (χ2v) is 3.50. The van der Waals surface area contributed by atoms with Crippen LogP contribution in [0.2, 0.25) is 0 Å². The van der Waals surface area contributed by atoms with Gasteiger partial charge in [0.25, 0.3) is 5.88 Å². The van der Waals surface area contributed by atoms with Gasteiger partial charge in [0.15, 0.2) is 17.5 Å². The number of nitrogens with two attached hydrogens (primary N) is 2. The van der Waals surface area contributed by atoms with E-state index in [-0.39, 0.29) is 18.2 Å². The monoisotopic (exact) mass is 255 g/mol. The minimum Gasteiger partial charge on any atom is -0.490 e. The molecule has 0 fully saturated rings. The highest BCUT2D eigenvalue weighted by Gasteiger charge is 2.29. The lowest BCUT2D eigenvalue weighted by Gasteiger charge is -2.31. The number of furan rings is 1. The second-order valence-electron chi connectivity index (χ2n) is 3.50. The Morgan fingerprint density at radius 2 is 1.94 bits per heavy atom. The maximum absolute atomic E-state index is 9.60. The minimum absolute atomic E-state index is 0.124. The van der Waals surface area contributed by atoms with E-state index in [1.165, 1.54) is 6.26 Å². The highest BCUT2D eigenvalue weighted by Crippen LogP contribution is 2.20. The van der Waals surface area contributed by atoms with Crippen molar-refractivity contribution >= 4 is 0 Å². The second kappa shape index (κ2) is 4.39. The van der Waals surface area contributed by atoms with Gasteiger partial charge in [0.2, 0.25) is 0 Å². The number of rotatable bonds is 3. The van der Waals surface area contributed by atoms with E-state index in [0.717, 1.165) is 0 Å². The Kier molecular flexibility index (Phi) is 2.92. The summed E-state index contributed by atoms with van der Waals surface area (Å²) in [5.41, 5.74) is 10.8. The van der Waals surface area contributed by atoms with Gasteiger partial charge in [-0.1, -0.05) is 0 Å². The molecule has 1 aromatic heterocycles. The van der Waals surface area contributed by atoms with Crippen LogP contribution in [0.1, 0.15) is 5.76 Å². The summed E-state index contributed by atoms with van der Waals surface area (Å²) in [6.45, 7) is 0.196. The fourth-order valence-electron chi connectivity index (χ4n) is 1.40. The van der Waals surface area contributed by atoms with Gasteiger partial charge in [0.1, 0.15) is 5.76 Å². The number of nitrogens with zero attached hydrogens (tertiary/aromatic N) is 2. The Balaban J connectivity index is 2.16. The SMILES string of the molecule is NC1=C(O)N(O)C(NCc2ccco2)=C(N)N1O. The van der Waals surface area contributed by atoms with Crippen molar-refractivity contribution in [1.29, 1.82) is 0 Å². The van der Waals surface area contributed by atoms with Crippen LogP contribution in [0.4, 0.5) is 0 Å². The molecule has 1 aromatic rings. The van der Waals surface area contributed by atoms with Crippen molar-refractivity contribution in [2.24, 2.45) is 11.5 Å². The van der Waals surface area contributed by atoms with Crippen molar-refractivity contribution in [3.63, 3.8) is 0 Å². The van der Waals surface area contributed by atoms with Gasteiger partial charge in [-0.2, -0.15) is 10.1 Å².